The molecule has 0 spiro atoms. The van der Waals surface area contributed by atoms with E-state index < -0.39 is 0 Å². The van der Waals surface area contributed by atoms with Crippen molar-refractivity contribution in [1.82, 2.24) is 10.6 Å². The molecule has 0 radical (unpaired) electrons. The van der Waals surface area contributed by atoms with E-state index in [1.165, 1.54) is 0 Å². The second-order valence-corrected chi connectivity index (χ2v) is 4.39. The van der Waals surface area contributed by atoms with Crippen molar-refractivity contribution in [2.75, 3.05) is 33.4 Å². The average molecular weight is 328 g/mol. The number of benzene rings is 1. The first-order chi connectivity index (χ1) is 8.66. The van der Waals surface area contributed by atoms with Gasteiger partial charge >= 0.3 is 0 Å². The van der Waals surface area contributed by atoms with Crippen LogP contribution in [0.3, 0.4) is 0 Å². The first-order valence-corrected chi connectivity index (χ1v) is 6.34. The van der Waals surface area contributed by atoms with Crippen LogP contribution in [-0.2, 0) is 4.74 Å². The molecule has 0 atom stereocenters. The molecule has 0 heterocycles. The number of amides is 1. The topological polar surface area (TPSA) is 50.4 Å². The molecule has 0 saturated heterocycles. The highest BCUT2D eigenvalue weighted by molar-refractivity contribution is 6.43. The van der Waals surface area contributed by atoms with Gasteiger partial charge in [-0.05, 0) is 12.1 Å². The molecule has 0 aliphatic carbocycles. The van der Waals surface area contributed by atoms with E-state index >= 15 is 0 Å². The molecule has 0 aliphatic rings. The van der Waals surface area contributed by atoms with E-state index in [4.69, 9.17) is 27.9 Å². The van der Waals surface area contributed by atoms with Crippen LogP contribution in [0.4, 0.5) is 0 Å². The van der Waals surface area contributed by atoms with E-state index in [0.29, 0.717) is 30.3 Å². The Kier molecular flexibility index (Phi) is 10.0. The van der Waals surface area contributed by atoms with Crippen molar-refractivity contribution in [3.63, 3.8) is 0 Å². The van der Waals surface area contributed by atoms with Crippen molar-refractivity contribution < 1.29 is 9.53 Å². The largest absolute Gasteiger partial charge is 0.383 e. The van der Waals surface area contributed by atoms with Crippen LogP contribution < -0.4 is 10.6 Å². The number of ether oxygens (including phenoxy) is 1. The minimum atomic E-state index is -0.226. The zero-order valence-electron chi connectivity index (χ0n) is 10.5. The monoisotopic (exact) mass is 326 g/mol. The lowest BCUT2D eigenvalue weighted by atomic mass is 10.2. The highest BCUT2D eigenvalue weighted by atomic mass is 35.5. The number of carbonyl (C=O) groups is 1. The molecular weight excluding hydrogens is 311 g/mol. The van der Waals surface area contributed by atoms with Gasteiger partial charge in [-0.3, -0.25) is 4.79 Å². The number of hydrogen-bond acceptors (Lipinski definition) is 3. The van der Waals surface area contributed by atoms with Crippen LogP contribution in [0.1, 0.15) is 10.4 Å². The van der Waals surface area contributed by atoms with Gasteiger partial charge < -0.3 is 15.4 Å². The van der Waals surface area contributed by atoms with Crippen molar-refractivity contribution in [2.24, 2.45) is 0 Å². The molecular formula is C12H17Cl3N2O2. The number of nitrogens with one attached hydrogen (secondary N) is 2. The predicted octanol–water partition coefficient (Wildman–Crippen LogP) is 2.38. The van der Waals surface area contributed by atoms with Gasteiger partial charge in [0.2, 0.25) is 0 Å². The zero-order chi connectivity index (χ0) is 13.4. The minimum Gasteiger partial charge on any atom is -0.383 e. The number of rotatable bonds is 7. The van der Waals surface area contributed by atoms with Gasteiger partial charge in [-0.1, -0.05) is 29.3 Å². The van der Waals surface area contributed by atoms with Crippen molar-refractivity contribution in [3.05, 3.63) is 33.8 Å². The lowest BCUT2D eigenvalue weighted by molar-refractivity contribution is 0.0954. The summed E-state index contributed by atoms with van der Waals surface area (Å²) < 4.78 is 4.89. The van der Waals surface area contributed by atoms with Crippen molar-refractivity contribution in [1.29, 1.82) is 0 Å². The molecule has 0 aliphatic heterocycles. The smallest absolute Gasteiger partial charge is 0.252 e. The van der Waals surface area contributed by atoms with Crippen molar-refractivity contribution in [3.8, 4) is 0 Å². The molecule has 0 saturated carbocycles. The Morgan fingerprint density at radius 3 is 2.68 bits per heavy atom. The van der Waals surface area contributed by atoms with Crippen LogP contribution in [-0.4, -0.2) is 39.3 Å². The SMILES string of the molecule is COCCNCCNC(=O)c1cccc(Cl)c1Cl.Cl. The maximum Gasteiger partial charge on any atom is 0.252 e. The fraction of sp³-hybridized carbons (Fsp3) is 0.417. The van der Waals surface area contributed by atoms with Gasteiger partial charge in [0.1, 0.15) is 0 Å². The summed E-state index contributed by atoms with van der Waals surface area (Å²) in [6.45, 7) is 2.59. The number of carbonyl (C=O) groups excluding carboxylic acids is 1. The first-order valence-electron chi connectivity index (χ1n) is 5.58. The fourth-order valence-corrected chi connectivity index (χ4v) is 1.72. The minimum absolute atomic E-state index is 0. The van der Waals surface area contributed by atoms with E-state index in [1.54, 1.807) is 25.3 Å². The third-order valence-electron chi connectivity index (χ3n) is 2.27. The number of methoxy groups -OCH3 is 1. The first kappa shape index (κ1) is 18.5. The molecule has 1 aromatic carbocycles. The van der Waals surface area contributed by atoms with Gasteiger partial charge in [0.05, 0.1) is 22.2 Å². The van der Waals surface area contributed by atoms with Crippen LogP contribution in [0, 0.1) is 0 Å². The Morgan fingerprint density at radius 2 is 2.00 bits per heavy atom. The fourth-order valence-electron chi connectivity index (χ4n) is 1.34. The van der Waals surface area contributed by atoms with E-state index in [2.05, 4.69) is 10.6 Å². The van der Waals surface area contributed by atoms with Crippen LogP contribution in [0.25, 0.3) is 0 Å². The maximum absolute atomic E-state index is 11.8. The van der Waals surface area contributed by atoms with Crippen LogP contribution in [0.5, 0.6) is 0 Å². The molecule has 0 aromatic heterocycles. The average Bonchev–Trinajstić information content (AvgIpc) is 2.36. The molecule has 0 fully saturated rings. The molecule has 4 nitrogen and oxygen atoms in total. The third kappa shape index (κ3) is 6.45. The summed E-state index contributed by atoms with van der Waals surface area (Å²) in [6.07, 6.45) is 0. The summed E-state index contributed by atoms with van der Waals surface area (Å²) in [4.78, 5) is 11.8. The Labute approximate surface area is 129 Å². The van der Waals surface area contributed by atoms with Crippen LogP contribution in [0.2, 0.25) is 10.0 Å². The Balaban J connectivity index is 0.00000324. The third-order valence-corrected chi connectivity index (χ3v) is 3.09. The number of hydrogen-bond donors (Lipinski definition) is 2. The zero-order valence-corrected chi connectivity index (χ0v) is 12.9. The molecule has 19 heavy (non-hydrogen) atoms. The van der Waals surface area contributed by atoms with Gasteiger partial charge in [-0.2, -0.15) is 0 Å². The van der Waals surface area contributed by atoms with Gasteiger partial charge in [-0.25, -0.2) is 0 Å². The molecule has 0 unspecified atom stereocenters. The lowest BCUT2D eigenvalue weighted by Crippen LogP contribution is -2.33. The van der Waals surface area contributed by atoms with Crippen molar-refractivity contribution >= 4 is 41.5 Å². The normalized spacial score (nSPS) is 9.84. The van der Waals surface area contributed by atoms with Gasteiger partial charge in [0, 0.05) is 26.7 Å². The Hall–Kier alpha value is -0.520. The van der Waals surface area contributed by atoms with E-state index in [-0.39, 0.29) is 23.3 Å². The summed E-state index contributed by atoms with van der Waals surface area (Å²) >= 11 is 11.8. The summed E-state index contributed by atoms with van der Waals surface area (Å²) in [5.41, 5.74) is 0.390. The Bertz CT molecular complexity index is 403. The van der Waals surface area contributed by atoms with Crippen LogP contribution in [0.15, 0.2) is 18.2 Å². The van der Waals surface area contributed by atoms with Crippen molar-refractivity contribution in [2.45, 2.75) is 0 Å². The molecule has 0 bridgehead atoms. The molecule has 1 aromatic rings. The lowest BCUT2D eigenvalue weighted by Gasteiger charge is -2.08. The number of halogens is 3. The quantitative estimate of drug-likeness (QED) is 0.756. The summed E-state index contributed by atoms with van der Waals surface area (Å²) in [7, 11) is 1.64. The molecule has 108 valence electrons. The second-order valence-electron chi connectivity index (χ2n) is 3.60. The molecule has 7 heteroatoms. The summed E-state index contributed by atoms with van der Waals surface area (Å²) in [6, 6.07) is 4.98. The standard InChI is InChI=1S/C12H16Cl2N2O2.ClH/c1-18-8-7-15-5-6-16-12(17)9-3-2-4-10(13)11(9)14;/h2-4,15H,5-8H2,1H3,(H,16,17);1H. The van der Waals surface area contributed by atoms with E-state index in [0.717, 1.165) is 6.54 Å². The maximum atomic E-state index is 11.8. The second kappa shape index (κ2) is 10.3. The highest BCUT2D eigenvalue weighted by Gasteiger charge is 2.11. The molecule has 1 amide bonds. The predicted molar refractivity (Wildman–Crippen MR) is 80.8 cm³/mol. The molecule has 1 rings (SSSR count). The summed E-state index contributed by atoms with van der Waals surface area (Å²) in [5.74, 6) is -0.226. The Morgan fingerprint density at radius 1 is 1.26 bits per heavy atom. The van der Waals surface area contributed by atoms with Gasteiger partial charge in [-0.15, -0.1) is 12.4 Å². The van der Waals surface area contributed by atoms with Gasteiger partial charge in [0.25, 0.3) is 5.91 Å². The highest BCUT2D eigenvalue weighted by Crippen LogP contribution is 2.25. The summed E-state index contributed by atoms with van der Waals surface area (Å²) in [5, 5.41) is 6.54. The molecule has 2 N–H and O–H groups in total. The van der Waals surface area contributed by atoms with E-state index in [9.17, 15) is 4.79 Å². The van der Waals surface area contributed by atoms with Gasteiger partial charge in [0.15, 0.2) is 0 Å². The van der Waals surface area contributed by atoms with E-state index in [1.807, 2.05) is 0 Å². The van der Waals surface area contributed by atoms with Crippen LogP contribution >= 0.6 is 35.6 Å².